The quantitative estimate of drug-likeness (QED) is 0.420. The third-order valence-electron chi connectivity index (χ3n) is 5.33. The van der Waals surface area contributed by atoms with Crippen LogP contribution in [0.5, 0.6) is 0 Å². The molecule has 0 spiro atoms. The third kappa shape index (κ3) is 5.42. The molecule has 168 valence electrons. The summed E-state index contributed by atoms with van der Waals surface area (Å²) in [5.74, 6) is -0.213. The highest BCUT2D eigenvalue weighted by molar-refractivity contribution is 6.21. The van der Waals surface area contributed by atoms with E-state index in [1.807, 2.05) is 0 Å². The number of unbranched alkanes of at least 4 members (excludes halogenated alkanes) is 5. The minimum atomic E-state index is -4.48. The SMILES string of the molecule is Cc1nn(CC(F)(F)F)c(=O)n1CCCCCCCCN1C(=O)c2ccccc2C1=O. The van der Waals surface area contributed by atoms with Crippen LogP contribution in [0, 0.1) is 6.92 Å². The van der Waals surface area contributed by atoms with Gasteiger partial charge in [-0.1, -0.05) is 37.8 Å². The molecule has 1 aromatic heterocycles. The van der Waals surface area contributed by atoms with E-state index in [1.54, 1.807) is 24.3 Å². The summed E-state index contributed by atoms with van der Waals surface area (Å²) in [6.07, 6.45) is 0.379. The van der Waals surface area contributed by atoms with E-state index in [-0.39, 0.29) is 17.6 Å². The van der Waals surface area contributed by atoms with Gasteiger partial charge in [0.15, 0.2) is 0 Å². The van der Waals surface area contributed by atoms with E-state index in [2.05, 4.69) is 5.10 Å². The zero-order chi connectivity index (χ0) is 22.6. The summed E-state index contributed by atoms with van der Waals surface area (Å²) < 4.78 is 39.2. The van der Waals surface area contributed by atoms with Crippen molar-refractivity contribution in [2.24, 2.45) is 0 Å². The summed E-state index contributed by atoms with van der Waals surface area (Å²) in [4.78, 5) is 37.9. The van der Waals surface area contributed by atoms with Crippen molar-refractivity contribution in [2.75, 3.05) is 6.54 Å². The Kier molecular flexibility index (Phi) is 6.97. The molecule has 3 rings (SSSR count). The Hall–Kier alpha value is -2.91. The lowest BCUT2D eigenvalue weighted by molar-refractivity contribution is -0.143. The van der Waals surface area contributed by atoms with Gasteiger partial charge in [-0.05, 0) is 31.9 Å². The standard InChI is InChI=1S/C21H25F3N4O3/c1-15-25-28(14-21(22,23)24)20(31)26(15)12-8-4-2-3-5-9-13-27-18(29)16-10-6-7-11-17(16)19(27)30/h6-7,10-11H,2-5,8-9,12-14H2,1H3. The highest BCUT2D eigenvalue weighted by Gasteiger charge is 2.34. The Labute approximate surface area is 177 Å². The van der Waals surface area contributed by atoms with Gasteiger partial charge in [-0.25, -0.2) is 9.48 Å². The smallest absolute Gasteiger partial charge is 0.279 e. The molecule has 0 aliphatic carbocycles. The van der Waals surface area contributed by atoms with Gasteiger partial charge in [0.2, 0.25) is 0 Å². The first-order chi connectivity index (χ1) is 14.7. The Morgan fingerprint density at radius 1 is 0.839 bits per heavy atom. The molecule has 2 amide bonds. The fourth-order valence-electron chi connectivity index (χ4n) is 3.77. The van der Waals surface area contributed by atoms with Gasteiger partial charge in [0.05, 0.1) is 11.1 Å². The fraction of sp³-hybridized carbons (Fsp3) is 0.524. The van der Waals surface area contributed by atoms with Gasteiger partial charge in [0.1, 0.15) is 12.4 Å². The fourth-order valence-corrected chi connectivity index (χ4v) is 3.77. The first-order valence-electron chi connectivity index (χ1n) is 10.4. The summed E-state index contributed by atoms with van der Waals surface area (Å²) in [6.45, 7) is 0.858. The number of aromatic nitrogens is 3. The highest BCUT2D eigenvalue weighted by atomic mass is 19.4. The number of rotatable bonds is 10. The number of halogens is 3. The predicted molar refractivity (Wildman–Crippen MR) is 107 cm³/mol. The number of fused-ring (bicyclic) bond motifs is 1. The van der Waals surface area contributed by atoms with Crippen molar-refractivity contribution < 1.29 is 22.8 Å². The molecule has 0 radical (unpaired) electrons. The van der Waals surface area contributed by atoms with E-state index < -0.39 is 18.4 Å². The normalized spacial score (nSPS) is 13.9. The molecule has 0 bridgehead atoms. The van der Waals surface area contributed by atoms with Gasteiger partial charge < -0.3 is 0 Å². The molecule has 0 atom stereocenters. The number of carbonyl (C=O) groups excluding carboxylic acids is 2. The van der Waals surface area contributed by atoms with Gasteiger partial charge in [-0.15, -0.1) is 0 Å². The van der Waals surface area contributed by atoms with Crippen molar-refractivity contribution in [2.45, 2.75) is 64.7 Å². The number of imide groups is 1. The van der Waals surface area contributed by atoms with Crippen molar-refractivity contribution in [3.8, 4) is 0 Å². The van der Waals surface area contributed by atoms with Gasteiger partial charge >= 0.3 is 11.9 Å². The molecule has 1 aliphatic rings. The summed E-state index contributed by atoms with van der Waals surface area (Å²) >= 11 is 0. The zero-order valence-electron chi connectivity index (χ0n) is 17.3. The summed E-state index contributed by atoms with van der Waals surface area (Å²) in [7, 11) is 0. The predicted octanol–water partition coefficient (Wildman–Crippen LogP) is 3.55. The van der Waals surface area contributed by atoms with Crippen LogP contribution in [0.15, 0.2) is 29.1 Å². The Balaban J connectivity index is 1.34. The van der Waals surface area contributed by atoms with Gasteiger partial charge in [-0.2, -0.15) is 18.3 Å². The molecule has 2 heterocycles. The summed E-state index contributed by atoms with van der Waals surface area (Å²) in [6, 6.07) is 6.81. The van der Waals surface area contributed by atoms with E-state index in [9.17, 15) is 27.6 Å². The van der Waals surface area contributed by atoms with Gasteiger partial charge in [-0.3, -0.25) is 19.1 Å². The largest absolute Gasteiger partial charge is 0.408 e. The lowest BCUT2D eigenvalue weighted by Gasteiger charge is -2.13. The van der Waals surface area contributed by atoms with Crippen LogP contribution in [-0.2, 0) is 13.1 Å². The molecular formula is C21H25F3N4O3. The van der Waals surface area contributed by atoms with Crippen molar-refractivity contribution in [3.05, 3.63) is 51.7 Å². The van der Waals surface area contributed by atoms with E-state index in [4.69, 9.17) is 0 Å². The maximum atomic E-state index is 12.5. The molecule has 0 saturated carbocycles. The molecule has 1 aromatic carbocycles. The molecular weight excluding hydrogens is 413 g/mol. The molecule has 0 fully saturated rings. The topological polar surface area (TPSA) is 77.2 Å². The lowest BCUT2D eigenvalue weighted by atomic mass is 10.1. The minimum absolute atomic E-state index is 0.243. The maximum absolute atomic E-state index is 12.5. The Morgan fingerprint density at radius 2 is 1.35 bits per heavy atom. The van der Waals surface area contributed by atoms with Gasteiger partial charge in [0.25, 0.3) is 11.8 Å². The van der Waals surface area contributed by atoms with Crippen LogP contribution in [0.1, 0.15) is 65.1 Å². The zero-order valence-corrected chi connectivity index (χ0v) is 17.3. The number of amides is 2. The highest BCUT2D eigenvalue weighted by Crippen LogP contribution is 2.23. The van der Waals surface area contributed by atoms with Crippen molar-refractivity contribution in [1.82, 2.24) is 19.2 Å². The van der Waals surface area contributed by atoms with E-state index in [0.717, 1.165) is 25.7 Å². The molecule has 31 heavy (non-hydrogen) atoms. The van der Waals surface area contributed by atoms with Crippen LogP contribution in [0.2, 0.25) is 0 Å². The Morgan fingerprint density at radius 3 is 1.90 bits per heavy atom. The van der Waals surface area contributed by atoms with Crippen LogP contribution >= 0.6 is 0 Å². The van der Waals surface area contributed by atoms with Crippen molar-refractivity contribution >= 4 is 11.8 Å². The number of hydrogen-bond donors (Lipinski definition) is 0. The summed E-state index contributed by atoms with van der Waals surface area (Å²) in [5, 5.41) is 3.69. The molecule has 1 aliphatic heterocycles. The first kappa shape index (κ1) is 22.8. The number of benzene rings is 1. The number of alkyl halides is 3. The molecule has 7 nitrogen and oxygen atoms in total. The third-order valence-corrected chi connectivity index (χ3v) is 5.33. The van der Waals surface area contributed by atoms with E-state index >= 15 is 0 Å². The van der Waals surface area contributed by atoms with Crippen molar-refractivity contribution in [3.63, 3.8) is 0 Å². The van der Waals surface area contributed by atoms with E-state index in [0.29, 0.717) is 41.7 Å². The molecule has 0 N–H and O–H groups in total. The van der Waals surface area contributed by atoms with Crippen LogP contribution in [0.25, 0.3) is 0 Å². The average Bonchev–Trinajstić information content (AvgIpc) is 3.10. The minimum Gasteiger partial charge on any atom is -0.279 e. The Bertz CT molecular complexity index is 975. The van der Waals surface area contributed by atoms with E-state index in [1.165, 1.54) is 16.4 Å². The monoisotopic (exact) mass is 438 g/mol. The second-order valence-electron chi connectivity index (χ2n) is 7.68. The second kappa shape index (κ2) is 9.49. The molecule has 0 unspecified atom stereocenters. The van der Waals surface area contributed by atoms with Crippen LogP contribution < -0.4 is 5.69 Å². The second-order valence-corrected chi connectivity index (χ2v) is 7.68. The lowest BCUT2D eigenvalue weighted by Crippen LogP contribution is -2.30. The van der Waals surface area contributed by atoms with Gasteiger partial charge in [0, 0.05) is 13.1 Å². The van der Waals surface area contributed by atoms with Crippen LogP contribution in [0.4, 0.5) is 13.2 Å². The molecule has 2 aromatic rings. The molecule has 10 heteroatoms. The number of hydrogen-bond acceptors (Lipinski definition) is 4. The number of aryl methyl sites for hydroxylation is 1. The maximum Gasteiger partial charge on any atom is 0.408 e. The average molecular weight is 438 g/mol. The van der Waals surface area contributed by atoms with Crippen LogP contribution in [-0.4, -0.2) is 43.8 Å². The van der Waals surface area contributed by atoms with Crippen molar-refractivity contribution in [1.29, 1.82) is 0 Å². The number of nitrogens with zero attached hydrogens (tertiary/aromatic N) is 4. The number of carbonyl (C=O) groups is 2. The molecule has 0 saturated heterocycles. The van der Waals surface area contributed by atoms with Crippen LogP contribution in [0.3, 0.4) is 0 Å². The first-order valence-corrected chi connectivity index (χ1v) is 10.4. The summed E-state index contributed by atoms with van der Waals surface area (Å²) in [5.41, 5.74) is 0.170.